The lowest BCUT2D eigenvalue weighted by atomic mass is 10.2. The van der Waals surface area contributed by atoms with E-state index < -0.39 is 5.97 Å². The van der Waals surface area contributed by atoms with E-state index >= 15 is 0 Å². The molecule has 1 aromatic carbocycles. The SMILES string of the molecule is CN(C(=O)COC(=O)c1c(N)cccc1Cl)C1CC1. The first-order chi connectivity index (χ1) is 9.00. The Morgan fingerprint density at radius 3 is 2.74 bits per heavy atom. The topological polar surface area (TPSA) is 72.6 Å². The number of ether oxygens (including phenoxy) is 1. The van der Waals surface area contributed by atoms with Gasteiger partial charge in [0.1, 0.15) is 5.56 Å². The Balaban J connectivity index is 1.95. The maximum absolute atomic E-state index is 11.8. The van der Waals surface area contributed by atoms with Crippen LogP contribution in [0, 0.1) is 0 Å². The highest BCUT2D eigenvalue weighted by Crippen LogP contribution is 2.26. The minimum atomic E-state index is -0.680. The monoisotopic (exact) mass is 282 g/mol. The van der Waals surface area contributed by atoms with Gasteiger partial charge < -0.3 is 15.4 Å². The molecular formula is C13H15ClN2O3. The number of benzene rings is 1. The number of hydrogen-bond donors (Lipinski definition) is 1. The van der Waals surface area contributed by atoms with E-state index in [9.17, 15) is 9.59 Å². The summed E-state index contributed by atoms with van der Waals surface area (Å²) in [5.41, 5.74) is 6.01. The number of hydrogen-bond acceptors (Lipinski definition) is 4. The molecule has 1 aromatic rings. The molecule has 0 aromatic heterocycles. The van der Waals surface area contributed by atoms with Crippen LogP contribution in [0.15, 0.2) is 18.2 Å². The molecule has 102 valence electrons. The summed E-state index contributed by atoms with van der Waals surface area (Å²) in [6, 6.07) is 5.03. The Morgan fingerprint density at radius 2 is 2.16 bits per heavy atom. The fraction of sp³-hybridized carbons (Fsp3) is 0.385. The van der Waals surface area contributed by atoms with Crippen molar-refractivity contribution in [2.24, 2.45) is 0 Å². The van der Waals surface area contributed by atoms with Gasteiger partial charge >= 0.3 is 5.97 Å². The zero-order valence-electron chi connectivity index (χ0n) is 10.6. The van der Waals surface area contributed by atoms with Gasteiger partial charge in [0.05, 0.1) is 5.02 Å². The molecule has 2 rings (SSSR count). The van der Waals surface area contributed by atoms with Crippen molar-refractivity contribution in [2.45, 2.75) is 18.9 Å². The average Bonchev–Trinajstić information content (AvgIpc) is 3.19. The van der Waals surface area contributed by atoms with Crippen LogP contribution in [0.4, 0.5) is 5.69 Å². The summed E-state index contributed by atoms with van der Waals surface area (Å²) in [5, 5.41) is 0.216. The summed E-state index contributed by atoms with van der Waals surface area (Å²) in [6.07, 6.45) is 2.02. The number of rotatable bonds is 4. The molecule has 6 heteroatoms. The second kappa shape index (κ2) is 5.48. The fourth-order valence-corrected chi connectivity index (χ4v) is 1.98. The van der Waals surface area contributed by atoms with Gasteiger partial charge in [-0.05, 0) is 25.0 Å². The smallest absolute Gasteiger partial charge is 0.342 e. The molecule has 2 N–H and O–H groups in total. The van der Waals surface area contributed by atoms with Crippen molar-refractivity contribution >= 4 is 29.2 Å². The van der Waals surface area contributed by atoms with Gasteiger partial charge in [-0.1, -0.05) is 17.7 Å². The average molecular weight is 283 g/mol. The van der Waals surface area contributed by atoms with Gasteiger partial charge in [0, 0.05) is 18.8 Å². The Bertz CT molecular complexity index is 494. The first-order valence-electron chi connectivity index (χ1n) is 5.97. The summed E-state index contributed by atoms with van der Waals surface area (Å²) in [5.74, 6) is -0.901. The van der Waals surface area contributed by atoms with Gasteiger partial charge in [-0.3, -0.25) is 4.79 Å². The van der Waals surface area contributed by atoms with E-state index in [0.717, 1.165) is 12.8 Å². The lowest BCUT2D eigenvalue weighted by molar-refractivity contribution is -0.133. The van der Waals surface area contributed by atoms with Crippen LogP contribution in [-0.4, -0.2) is 36.5 Å². The number of anilines is 1. The first kappa shape index (κ1) is 13.7. The Kier molecular flexibility index (Phi) is 3.95. The van der Waals surface area contributed by atoms with Gasteiger partial charge in [-0.25, -0.2) is 4.79 Å². The summed E-state index contributed by atoms with van der Waals surface area (Å²) in [6.45, 7) is -0.295. The molecule has 0 unspecified atom stereocenters. The van der Waals surface area contributed by atoms with Crippen molar-refractivity contribution in [3.63, 3.8) is 0 Å². The Morgan fingerprint density at radius 1 is 1.47 bits per heavy atom. The van der Waals surface area contributed by atoms with Crippen molar-refractivity contribution in [1.82, 2.24) is 4.90 Å². The number of esters is 1. The van der Waals surface area contributed by atoms with Crippen LogP contribution in [-0.2, 0) is 9.53 Å². The minimum Gasteiger partial charge on any atom is -0.452 e. The van der Waals surface area contributed by atoms with Gasteiger partial charge in [0.15, 0.2) is 6.61 Å². The highest BCUT2D eigenvalue weighted by atomic mass is 35.5. The van der Waals surface area contributed by atoms with E-state index in [1.807, 2.05) is 0 Å². The molecule has 0 bridgehead atoms. The quantitative estimate of drug-likeness (QED) is 0.674. The van der Waals surface area contributed by atoms with E-state index in [4.69, 9.17) is 22.1 Å². The summed E-state index contributed by atoms with van der Waals surface area (Å²) in [4.78, 5) is 25.2. The predicted molar refractivity (Wildman–Crippen MR) is 71.9 cm³/mol. The summed E-state index contributed by atoms with van der Waals surface area (Å²) >= 11 is 5.89. The number of nitrogen functional groups attached to an aromatic ring is 1. The normalized spacial score (nSPS) is 14.0. The van der Waals surface area contributed by atoms with Gasteiger partial charge in [-0.15, -0.1) is 0 Å². The number of amides is 1. The molecule has 1 aliphatic rings. The molecule has 19 heavy (non-hydrogen) atoms. The highest BCUT2D eigenvalue weighted by molar-refractivity contribution is 6.34. The molecule has 1 aliphatic carbocycles. The standard InChI is InChI=1S/C13H15ClN2O3/c1-16(8-5-6-8)11(17)7-19-13(18)12-9(14)3-2-4-10(12)15/h2-4,8H,5-7,15H2,1H3. The highest BCUT2D eigenvalue weighted by Gasteiger charge is 2.30. The molecule has 0 heterocycles. The third-order valence-corrected chi connectivity index (χ3v) is 3.38. The zero-order valence-corrected chi connectivity index (χ0v) is 11.3. The summed E-state index contributed by atoms with van der Waals surface area (Å²) in [7, 11) is 1.71. The Labute approximate surface area is 116 Å². The van der Waals surface area contributed by atoms with E-state index in [0.29, 0.717) is 0 Å². The van der Waals surface area contributed by atoms with E-state index in [1.54, 1.807) is 30.1 Å². The largest absolute Gasteiger partial charge is 0.452 e. The van der Waals surface area contributed by atoms with Crippen LogP contribution in [0.5, 0.6) is 0 Å². The van der Waals surface area contributed by atoms with Crippen molar-refractivity contribution < 1.29 is 14.3 Å². The molecular weight excluding hydrogens is 268 g/mol. The number of likely N-dealkylation sites (N-methyl/N-ethyl adjacent to an activating group) is 1. The molecule has 5 nitrogen and oxygen atoms in total. The molecule has 0 spiro atoms. The Hall–Kier alpha value is -1.75. The maximum atomic E-state index is 11.8. The van der Waals surface area contributed by atoms with Gasteiger partial charge in [0.25, 0.3) is 5.91 Å². The van der Waals surface area contributed by atoms with E-state index in [1.165, 1.54) is 0 Å². The van der Waals surface area contributed by atoms with Crippen molar-refractivity contribution in [1.29, 1.82) is 0 Å². The zero-order chi connectivity index (χ0) is 14.0. The third kappa shape index (κ3) is 3.17. The fourth-order valence-electron chi connectivity index (χ4n) is 1.72. The third-order valence-electron chi connectivity index (χ3n) is 3.06. The lowest BCUT2D eigenvalue weighted by Gasteiger charge is -2.16. The van der Waals surface area contributed by atoms with Gasteiger partial charge in [0.2, 0.25) is 0 Å². The van der Waals surface area contributed by atoms with Crippen LogP contribution >= 0.6 is 11.6 Å². The molecule has 1 fully saturated rings. The molecule has 1 amide bonds. The van der Waals surface area contributed by atoms with Crippen LogP contribution in [0.1, 0.15) is 23.2 Å². The number of carbonyl (C=O) groups excluding carboxylic acids is 2. The van der Waals surface area contributed by atoms with Crippen molar-refractivity contribution in [3.8, 4) is 0 Å². The summed E-state index contributed by atoms with van der Waals surface area (Å²) < 4.78 is 4.96. The van der Waals surface area contributed by atoms with Crippen molar-refractivity contribution in [3.05, 3.63) is 28.8 Å². The van der Waals surface area contributed by atoms with Crippen LogP contribution in [0.2, 0.25) is 5.02 Å². The second-order valence-electron chi connectivity index (χ2n) is 4.52. The number of halogens is 1. The van der Waals surface area contributed by atoms with E-state index in [2.05, 4.69) is 0 Å². The van der Waals surface area contributed by atoms with Crippen LogP contribution < -0.4 is 5.73 Å². The van der Waals surface area contributed by atoms with Crippen LogP contribution in [0.3, 0.4) is 0 Å². The molecule has 1 saturated carbocycles. The predicted octanol–water partition coefficient (Wildman–Crippen LogP) is 1.70. The second-order valence-corrected chi connectivity index (χ2v) is 4.92. The first-order valence-corrected chi connectivity index (χ1v) is 6.35. The van der Waals surface area contributed by atoms with Crippen molar-refractivity contribution in [2.75, 3.05) is 19.4 Å². The molecule has 0 radical (unpaired) electrons. The number of carbonyl (C=O) groups is 2. The minimum absolute atomic E-state index is 0.103. The maximum Gasteiger partial charge on any atom is 0.342 e. The lowest BCUT2D eigenvalue weighted by Crippen LogP contribution is -2.33. The number of nitrogens with zero attached hydrogens (tertiary/aromatic N) is 1. The number of nitrogens with two attached hydrogens (primary N) is 1. The van der Waals surface area contributed by atoms with E-state index in [-0.39, 0.29) is 34.8 Å². The van der Waals surface area contributed by atoms with Crippen LogP contribution in [0.25, 0.3) is 0 Å². The molecule has 0 saturated heterocycles. The van der Waals surface area contributed by atoms with Gasteiger partial charge in [-0.2, -0.15) is 0 Å². The molecule has 0 atom stereocenters. The molecule has 0 aliphatic heterocycles.